The molecule has 2 N–H and O–H groups in total. The van der Waals surface area contributed by atoms with Gasteiger partial charge in [-0.05, 0) is 44.2 Å². The molecule has 1 heterocycles. The van der Waals surface area contributed by atoms with Crippen molar-refractivity contribution in [3.63, 3.8) is 0 Å². The fraction of sp³-hybridized carbons (Fsp3) is 0.643. The maximum Gasteiger partial charge on any atom is 0.242 e. The molecular weight excluding hydrogens is 226 g/mol. The minimum absolute atomic E-state index is 0.151. The number of nitrogens with two attached hydrogens (primary N) is 1. The molecule has 100 valence electrons. The summed E-state index contributed by atoms with van der Waals surface area (Å²) in [5.41, 5.74) is 8.64. The molecule has 1 aromatic rings. The molecule has 0 aromatic carbocycles. The number of carbonyl (C=O) groups excluding carboxylic acids is 1. The molecule has 0 spiro atoms. The van der Waals surface area contributed by atoms with Crippen LogP contribution in [0.15, 0.2) is 12.4 Å². The molecule has 4 nitrogen and oxygen atoms in total. The minimum Gasteiger partial charge on any atom is -0.344 e. The van der Waals surface area contributed by atoms with Crippen molar-refractivity contribution in [1.82, 2.24) is 9.47 Å². The Balaban J connectivity index is 2.09. The highest BCUT2D eigenvalue weighted by Gasteiger charge is 2.19. The van der Waals surface area contributed by atoms with Crippen LogP contribution in [0.3, 0.4) is 0 Å². The van der Waals surface area contributed by atoms with Gasteiger partial charge in [0.15, 0.2) is 0 Å². The zero-order valence-electron chi connectivity index (χ0n) is 11.4. The van der Waals surface area contributed by atoms with Gasteiger partial charge in [-0.15, -0.1) is 0 Å². The van der Waals surface area contributed by atoms with E-state index in [2.05, 4.69) is 12.4 Å². The predicted octanol–water partition coefficient (Wildman–Crippen LogP) is 1.69. The van der Waals surface area contributed by atoms with Crippen LogP contribution >= 0.6 is 0 Å². The van der Waals surface area contributed by atoms with Crippen LogP contribution < -0.4 is 5.73 Å². The first kappa shape index (κ1) is 13.1. The lowest BCUT2D eigenvalue weighted by Gasteiger charge is -2.18. The van der Waals surface area contributed by atoms with Crippen LogP contribution in [0.1, 0.15) is 43.9 Å². The van der Waals surface area contributed by atoms with Gasteiger partial charge in [-0.1, -0.05) is 0 Å². The molecule has 1 unspecified atom stereocenters. The normalized spacial score (nSPS) is 18.5. The number of rotatable bonds is 4. The van der Waals surface area contributed by atoms with Gasteiger partial charge in [0, 0.05) is 31.5 Å². The van der Waals surface area contributed by atoms with Crippen molar-refractivity contribution < 1.29 is 4.79 Å². The number of aryl methyl sites for hydroxylation is 1. The van der Waals surface area contributed by atoms with Gasteiger partial charge >= 0.3 is 0 Å². The summed E-state index contributed by atoms with van der Waals surface area (Å²) in [6.07, 6.45) is 7.45. The summed E-state index contributed by atoms with van der Waals surface area (Å²) in [5.74, 6) is 0.181. The Morgan fingerprint density at radius 3 is 2.78 bits per heavy atom. The molecule has 1 atom stereocenters. The Kier molecular flexibility index (Phi) is 4.07. The second kappa shape index (κ2) is 5.57. The van der Waals surface area contributed by atoms with Gasteiger partial charge < -0.3 is 15.2 Å². The number of nitrogens with zero attached hydrogens (tertiary/aromatic N) is 2. The molecule has 0 saturated heterocycles. The standard InChI is InChI=1S/C14H23N3O/c1-3-17(4-2)14(18)10-16-8-11-6-5-7-13(15)12(11)9-16/h8-9,13H,3-7,10,15H2,1-2H3. The van der Waals surface area contributed by atoms with E-state index >= 15 is 0 Å². The van der Waals surface area contributed by atoms with E-state index < -0.39 is 0 Å². The SMILES string of the molecule is CCN(CC)C(=O)Cn1cc2c(c1)C(N)CCC2. The summed E-state index contributed by atoms with van der Waals surface area (Å²) in [6, 6.07) is 0.151. The van der Waals surface area contributed by atoms with Crippen LogP contribution in [0.5, 0.6) is 0 Å². The topological polar surface area (TPSA) is 51.3 Å². The molecule has 0 radical (unpaired) electrons. The molecule has 18 heavy (non-hydrogen) atoms. The molecule has 0 aliphatic heterocycles. The molecule has 1 aromatic heterocycles. The first-order valence-electron chi connectivity index (χ1n) is 6.87. The molecule has 0 saturated carbocycles. The average Bonchev–Trinajstić information content (AvgIpc) is 2.74. The largest absolute Gasteiger partial charge is 0.344 e. The van der Waals surface area contributed by atoms with Crippen molar-refractivity contribution in [3.05, 3.63) is 23.5 Å². The quantitative estimate of drug-likeness (QED) is 0.883. The molecule has 4 heteroatoms. The van der Waals surface area contributed by atoms with Crippen molar-refractivity contribution >= 4 is 5.91 Å². The van der Waals surface area contributed by atoms with Crippen LogP contribution in [-0.4, -0.2) is 28.5 Å². The van der Waals surface area contributed by atoms with Crippen LogP contribution in [0, 0.1) is 0 Å². The molecule has 1 aliphatic rings. The third-order valence-electron chi connectivity index (χ3n) is 3.79. The van der Waals surface area contributed by atoms with Gasteiger partial charge in [0.1, 0.15) is 6.54 Å². The third-order valence-corrected chi connectivity index (χ3v) is 3.79. The van der Waals surface area contributed by atoms with E-state index in [-0.39, 0.29) is 11.9 Å². The van der Waals surface area contributed by atoms with E-state index in [1.54, 1.807) is 0 Å². The number of fused-ring (bicyclic) bond motifs is 1. The van der Waals surface area contributed by atoms with Crippen LogP contribution in [-0.2, 0) is 17.8 Å². The van der Waals surface area contributed by atoms with E-state index in [0.717, 1.165) is 32.4 Å². The number of hydrogen-bond acceptors (Lipinski definition) is 2. The first-order valence-corrected chi connectivity index (χ1v) is 6.87. The maximum absolute atomic E-state index is 12.0. The molecular formula is C14H23N3O. The number of aromatic nitrogens is 1. The van der Waals surface area contributed by atoms with Crippen LogP contribution in [0.2, 0.25) is 0 Å². The second-order valence-electron chi connectivity index (χ2n) is 4.98. The van der Waals surface area contributed by atoms with Crippen molar-refractivity contribution in [2.75, 3.05) is 13.1 Å². The Morgan fingerprint density at radius 2 is 2.17 bits per heavy atom. The zero-order valence-corrected chi connectivity index (χ0v) is 11.4. The summed E-state index contributed by atoms with van der Waals surface area (Å²) in [7, 11) is 0. The first-order chi connectivity index (χ1) is 8.65. The van der Waals surface area contributed by atoms with Crippen LogP contribution in [0.25, 0.3) is 0 Å². The van der Waals surface area contributed by atoms with Gasteiger partial charge in [0.05, 0.1) is 0 Å². The smallest absolute Gasteiger partial charge is 0.242 e. The maximum atomic E-state index is 12.0. The van der Waals surface area contributed by atoms with E-state index in [4.69, 9.17) is 5.73 Å². The average molecular weight is 249 g/mol. The van der Waals surface area contributed by atoms with Crippen molar-refractivity contribution in [3.8, 4) is 0 Å². The Labute approximate surface area is 109 Å². The second-order valence-corrected chi connectivity index (χ2v) is 4.98. The van der Waals surface area contributed by atoms with E-state index in [0.29, 0.717) is 6.54 Å². The summed E-state index contributed by atoms with van der Waals surface area (Å²) < 4.78 is 2.00. The van der Waals surface area contributed by atoms with Gasteiger partial charge in [-0.2, -0.15) is 0 Å². The lowest BCUT2D eigenvalue weighted by atomic mass is 9.92. The molecule has 1 aliphatic carbocycles. The Bertz CT molecular complexity index is 421. The van der Waals surface area contributed by atoms with E-state index in [1.165, 1.54) is 11.1 Å². The molecule has 1 amide bonds. The van der Waals surface area contributed by atoms with Gasteiger partial charge in [-0.25, -0.2) is 0 Å². The highest BCUT2D eigenvalue weighted by atomic mass is 16.2. The number of amides is 1. The number of carbonyl (C=O) groups is 1. The van der Waals surface area contributed by atoms with Crippen molar-refractivity contribution in [2.45, 2.75) is 45.7 Å². The summed E-state index contributed by atoms with van der Waals surface area (Å²) >= 11 is 0. The monoisotopic (exact) mass is 249 g/mol. The van der Waals surface area contributed by atoms with Gasteiger partial charge in [0.2, 0.25) is 5.91 Å². The van der Waals surface area contributed by atoms with Crippen molar-refractivity contribution in [2.24, 2.45) is 5.73 Å². The fourth-order valence-corrected chi connectivity index (χ4v) is 2.71. The summed E-state index contributed by atoms with van der Waals surface area (Å²) in [4.78, 5) is 13.9. The summed E-state index contributed by atoms with van der Waals surface area (Å²) in [5, 5.41) is 0. The number of hydrogen-bond donors (Lipinski definition) is 1. The lowest BCUT2D eigenvalue weighted by molar-refractivity contribution is -0.131. The summed E-state index contributed by atoms with van der Waals surface area (Å²) in [6.45, 7) is 6.00. The Morgan fingerprint density at radius 1 is 1.44 bits per heavy atom. The molecule has 2 rings (SSSR count). The number of likely N-dealkylation sites (N-methyl/N-ethyl adjacent to an activating group) is 1. The van der Waals surface area contributed by atoms with Gasteiger partial charge in [0.25, 0.3) is 0 Å². The zero-order chi connectivity index (χ0) is 13.1. The van der Waals surface area contributed by atoms with E-state index in [1.807, 2.05) is 23.3 Å². The highest BCUT2D eigenvalue weighted by molar-refractivity contribution is 5.76. The molecule has 0 bridgehead atoms. The highest BCUT2D eigenvalue weighted by Crippen LogP contribution is 2.28. The Hall–Kier alpha value is -1.29. The fourth-order valence-electron chi connectivity index (χ4n) is 2.71. The predicted molar refractivity (Wildman–Crippen MR) is 72.2 cm³/mol. The van der Waals surface area contributed by atoms with Crippen LogP contribution in [0.4, 0.5) is 0 Å². The third kappa shape index (κ3) is 2.58. The van der Waals surface area contributed by atoms with Crippen molar-refractivity contribution in [1.29, 1.82) is 0 Å². The minimum atomic E-state index is 0.151. The van der Waals surface area contributed by atoms with Gasteiger partial charge in [-0.3, -0.25) is 4.79 Å². The molecule has 0 fully saturated rings. The van der Waals surface area contributed by atoms with E-state index in [9.17, 15) is 4.79 Å². The lowest BCUT2D eigenvalue weighted by Crippen LogP contribution is -2.33.